The van der Waals surface area contributed by atoms with Gasteiger partial charge in [-0.3, -0.25) is 9.59 Å². The van der Waals surface area contributed by atoms with E-state index in [1.807, 2.05) is 0 Å². The van der Waals surface area contributed by atoms with Crippen molar-refractivity contribution in [2.45, 2.75) is 31.7 Å². The highest BCUT2D eigenvalue weighted by Crippen LogP contribution is 2.25. The van der Waals surface area contributed by atoms with Gasteiger partial charge in [0.1, 0.15) is 12.1 Å². The van der Waals surface area contributed by atoms with Crippen LogP contribution in [-0.4, -0.2) is 28.0 Å². The van der Waals surface area contributed by atoms with Gasteiger partial charge in [-0.2, -0.15) is 0 Å². The average Bonchev–Trinajstić information content (AvgIpc) is 3.17. The maximum atomic E-state index is 12.9. The number of carboxylic acid groups (broad SMARTS) is 1. The summed E-state index contributed by atoms with van der Waals surface area (Å²) in [7, 11) is 0. The predicted molar refractivity (Wildman–Crippen MR) is 82.5 cm³/mol. The summed E-state index contributed by atoms with van der Waals surface area (Å²) in [6.07, 6.45) is 3.16. The number of aliphatic carboxylic acids is 1. The maximum Gasteiger partial charge on any atom is 0.306 e. The van der Waals surface area contributed by atoms with Crippen molar-refractivity contribution in [2.24, 2.45) is 5.92 Å². The zero-order valence-corrected chi connectivity index (χ0v) is 12.9. The van der Waals surface area contributed by atoms with Crippen molar-refractivity contribution < 1.29 is 23.5 Å². The molecule has 6 nitrogen and oxygen atoms in total. The van der Waals surface area contributed by atoms with Gasteiger partial charge >= 0.3 is 5.97 Å². The number of nitrogens with one attached hydrogen (secondary N) is 1. The number of carbonyl (C=O) groups excluding carboxylic acids is 1. The van der Waals surface area contributed by atoms with Gasteiger partial charge in [-0.05, 0) is 43.5 Å². The second-order valence-electron chi connectivity index (χ2n) is 5.94. The Morgan fingerprint density at radius 3 is 2.71 bits per heavy atom. The third kappa shape index (κ3) is 3.79. The molecular formula is C17H17FN2O4. The molecule has 0 bridgehead atoms. The minimum absolute atomic E-state index is 0.0545. The lowest BCUT2D eigenvalue weighted by molar-refractivity contribution is -0.141. The number of aromatic nitrogens is 1. The Bertz CT molecular complexity index is 741. The number of benzene rings is 1. The molecule has 7 heteroatoms. The minimum atomic E-state index is -0.813. The first-order chi connectivity index (χ1) is 11.5. The molecule has 1 saturated carbocycles. The highest BCUT2D eigenvalue weighted by molar-refractivity contribution is 5.79. The number of hydrogen-bond donors (Lipinski definition) is 2. The van der Waals surface area contributed by atoms with E-state index in [0.29, 0.717) is 36.4 Å². The average molecular weight is 332 g/mol. The van der Waals surface area contributed by atoms with Crippen LogP contribution >= 0.6 is 0 Å². The minimum Gasteiger partial charge on any atom is -0.481 e. The standard InChI is InChI=1S/C17H17FN2O4/c18-12-4-1-10(2-5-12)16-20-14(9-24-16)8-15(21)19-13-6-3-11(7-13)17(22)23/h1-2,4-5,9,11,13H,3,6-8H2,(H,19,21)(H,22,23)/t11-,13+/m0/s1. The van der Waals surface area contributed by atoms with Crippen molar-refractivity contribution in [3.05, 3.63) is 42.0 Å². The summed E-state index contributed by atoms with van der Waals surface area (Å²) >= 11 is 0. The van der Waals surface area contributed by atoms with Crippen LogP contribution in [0.3, 0.4) is 0 Å². The van der Waals surface area contributed by atoms with Crippen molar-refractivity contribution in [1.29, 1.82) is 0 Å². The fourth-order valence-corrected chi connectivity index (χ4v) is 2.89. The van der Waals surface area contributed by atoms with E-state index in [0.717, 1.165) is 0 Å². The molecule has 1 heterocycles. The van der Waals surface area contributed by atoms with Gasteiger partial charge in [0.05, 0.1) is 18.0 Å². The van der Waals surface area contributed by atoms with Gasteiger partial charge in [-0.1, -0.05) is 0 Å². The molecule has 1 fully saturated rings. The molecule has 0 spiro atoms. The molecule has 0 aliphatic heterocycles. The lowest BCUT2D eigenvalue weighted by atomic mass is 10.1. The number of hydrogen-bond acceptors (Lipinski definition) is 4. The normalized spacial score (nSPS) is 20.0. The summed E-state index contributed by atoms with van der Waals surface area (Å²) in [4.78, 5) is 27.2. The summed E-state index contributed by atoms with van der Waals surface area (Å²) in [6.45, 7) is 0. The lowest BCUT2D eigenvalue weighted by Gasteiger charge is -2.11. The van der Waals surface area contributed by atoms with Crippen molar-refractivity contribution in [1.82, 2.24) is 10.3 Å². The van der Waals surface area contributed by atoms with Crippen molar-refractivity contribution >= 4 is 11.9 Å². The van der Waals surface area contributed by atoms with Crippen LogP contribution in [0, 0.1) is 11.7 Å². The third-order valence-electron chi connectivity index (χ3n) is 4.13. The molecule has 1 amide bonds. The number of halogens is 1. The first-order valence-electron chi connectivity index (χ1n) is 7.74. The van der Waals surface area contributed by atoms with Crippen LogP contribution in [0.5, 0.6) is 0 Å². The third-order valence-corrected chi connectivity index (χ3v) is 4.13. The van der Waals surface area contributed by atoms with Gasteiger partial charge in [-0.15, -0.1) is 0 Å². The summed E-state index contributed by atoms with van der Waals surface area (Å²) in [5.74, 6) is -1.43. The van der Waals surface area contributed by atoms with Crippen LogP contribution in [-0.2, 0) is 16.0 Å². The first kappa shape index (κ1) is 16.2. The number of amides is 1. The van der Waals surface area contributed by atoms with Gasteiger partial charge < -0.3 is 14.8 Å². The molecule has 0 unspecified atom stereocenters. The SMILES string of the molecule is O=C(Cc1coc(-c2ccc(F)cc2)n1)N[C@@H]1CC[C@H](C(=O)O)C1. The number of rotatable bonds is 5. The van der Waals surface area contributed by atoms with E-state index >= 15 is 0 Å². The Morgan fingerprint density at radius 1 is 1.29 bits per heavy atom. The van der Waals surface area contributed by atoms with E-state index in [2.05, 4.69) is 10.3 Å². The molecule has 2 atom stereocenters. The molecule has 24 heavy (non-hydrogen) atoms. The monoisotopic (exact) mass is 332 g/mol. The molecule has 0 saturated heterocycles. The van der Waals surface area contributed by atoms with E-state index in [4.69, 9.17) is 9.52 Å². The van der Waals surface area contributed by atoms with E-state index in [-0.39, 0.29) is 30.1 Å². The van der Waals surface area contributed by atoms with Gasteiger partial charge in [0, 0.05) is 11.6 Å². The van der Waals surface area contributed by atoms with Gasteiger partial charge in [-0.25, -0.2) is 9.37 Å². The van der Waals surface area contributed by atoms with Crippen LogP contribution < -0.4 is 5.32 Å². The Balaban J connectivity index is 1.56. The Morgan fingerprint density at radius 2 is 2.04 bits per heavy atom. The highest BCUT2D eigenvalue weighted by atomic mass is 19.1. The molecular weight excluding hydrogens is 315 g/mol. The van der Waals surface area contributed by atoms with E-state index in [1.165, 1.54) is 18.4 Å². The number of carboxylic acids is 1. The van der Waals surface area contributed by atoms with Crippen molar-refractivity contribution in [3.63, 3.8) is 0 Å². The number of carbonyl (C=O) groups is 2. The van der Waals surface area contributed by atoms with Crippen LogP contribution in [0.4, 0.5) is 4.39 Å². The van der Waals surface area contributed by atoms with Crippen molar-refractivity contribution in [3.8, 4) is 11.5 Å². The quantitative estimate of drug-likeness (QED) is 0.877. The molecule has 126 valence electrons. The summed E-state index contributed by atoms with van der Waals surface area (Å²) in [5, 5.41) is 11.8. The molecule has 2 aromatic rings. The van der Waals surface area contributed by atoms with Gasteiger partial charge in [0.2, 0.25) is 11.8 Å². The fraction of sp³-hybridized carbons (Fsp3) is 0.353. The van der Waals surface area contributed by atoms with Crippen LogP contribution in [0.15, 0.2) is 34.9 Å². The molecule has 3 rings (SSSR count). The zero-order valence-electron chi connectivity index (χ0n) is 12.9. The molecule has 1 aliphatic rings. The highest BCUT2D eigenvalue weighted by Gasteiger charge is 2.30. The van der Waals surface area contributed by atoms with Crippen molar-refractivity contribution in [2.75, 3.05) is 0 Å². The van der Waals surface area contributed by atoms with Crippen LogP contribution in [0.1, 0.15) is 25.0 Å². The first-order valence-corrected chi connectivity index (χ1v) is 7.74. The van der Waals surface area contributed by atoms with Crippen LogP contribution in [0.2, 0.25) is 0 Å². The van der Waals surface area contributed by atoms with E-state index < -0.39 is 5.97 Å². The molecule has 1 aromatic carbocycles. The largest absolute Gasteiger partial charge is 0.481 e. The van der Waals surface area contributed by atoms with E-state index in [9.17, 15) is 14.0 Å². The Hall–Kier alpha value is -2.70. The predicted octanol–water partition coefficient (Wildman–Crippen LogP) is 2.39. The van der Waals surface area contributed by atoms with Gasteiger partial charge in [0.15, 0.2) is 0 Å². The Kier molecular flexibility index (Phi) is 4.59. The summed E-state index contributed by atoms with van der Waals surface area (Å²) in [6, 6.07) is 5.61. The lowest BCUT2D eigenvalue weighted by Crippen LogP contribution is -2.34. The maximum absolute atomic E-state index is 12.9. The van der Waals surface area contributed by atoms with Gasteiger partial charge in [0.25, 0.3) is 0 Å². The van der Waals surface area contributed by atoms with E-state index in [1.54, 1.807) is 12.1 Å². The summed E-state index contributed by atoms with van der Waals surface area (Å²) in [5.41, 5.74) is 1.10. The second kappa shape index (κ2) is 6.82. The zero-order chi connectivity index (χ0) is 17.1. The number of nitrogens with zero attached hydrogens (tertiary/aromatic N) is 1. The smallest absolute Gasteiger partial charge is 0.306 e. The van der Waals surface area contributed by atoms with Crippen LogP contribution in [0.25, 0.3) is 11.5 Å². The number of oxazole rings is 1. The topological polar surface area (TPSA) is 92.4 Å². The fourth-order valence-electron chi connectivity index (χ4n) is 2.89. The molecule has 1 aliphatic carbocycles. The summed E-state index contributed by atoms with van der Waals surface area (Å²) < 4.78 is 18.2. The Labute approximate surface area is 137 Å². The molecule has 2 N–H and O–H groups in total. The molecule has 1 aromatic heterocycles. The molecule has 0 radical (unpaired) electrons. The second-order valence-corrected chi connectivity index (χ2v) is 5.94.